The first-order valence-electron chi connectivity index (χ1n) is 5.97. The molecule has 92 valence electrons. The van der Waals surface area contributed by atoms with Crippen LogP contribution in [-0.4, -0.2) is 18.1 Å². The van der Waals surface area contributed by atoms with Crippen LogP contribution in [0.1, 0.15) is 18.4 Å². The molecule has 0 bridgehead atoms. The summed E-state index contributed by atoms with van der Waals surface area (Å²) < 4.78 is 0. The SMILES string of the molecule is N#C/C(=C\c1ccc(N2CCCC2)cc1)C(N)=S. The average Bonchev–Trinajstić information content (AvgIpc) is 2.90. The third kappa shape index (κ3) is 2.88. The van der Waals surface area contributed by atoms with Crippen molar-refractivity contribution in [1.82, 2.24) is 0 Å². The molecular formula is C14H15N3S. The number of nitriles is 1. The smallest absolute Gasteiger partial charge is 0.114 e. The van der Waals surface area contributed by atoms with Crippen LogP contribution in [0, 0.1) is 11.3 Å². The number of rotatable bonds is 3. The van der Waals surface area contributed by atoms with Gasteiger partial charge in [0.1, 0.15) is 11.1 Å². The Labute approximate surface area is 113 Å². The van der Waals surface area contributed by atoms with Crippen molar-refractivity contribution in [3.63, 3.8) is 0 Å². The molecule has 0 aromatic heterocycles. The normalized spacial score (nSPS) is 15.5. The van der Waals surface area contributed by atoms with Gasteiger partial charge >= 0.3 is 0 Å². The number of hydrogen-bond acceptors (Lipinski definition) is 3. The first-order chi connectivity index (χ1) is 8.70. The summed E-state index contributed by atoms with van der Waals surface area (Å²) in [6.45, 7) is 2.26. The van der Waals surface area contributed by atoms with Crippen molar-refractivity contribution >= 4 is 29.0 Å². The average molecular weight is 257 g/mol. The van der Waals surface area contributed by atoms with Crippen molar-refractivity contribution in [2.45, 2.75) is 12.8 Å². The maximum atomic E-state index is 8.89. The van der Waals surface area contributed by atoms with Crippen LogP contribution in [0.3, 0.4) is 0 Å². The van der Waals surface area contributed by atoms with Crippen molar-refractivity contribution in [1.29, 1.82) is 5.26 Å². The molecule has 1 aliphatic rings. The second kappa shape index (κ2) is 5.65. The highest BCUT2D eigenvalue weighted by molar-refractivity contribution is 7.80. The molecule has 18 heavy (non-hydrogen) atoms. The lowest BCUT2D eigenvalue weighted by molar-refractivity contribution is 0.949. The largest absolute Gasteiger partial charge is 0.389 e. The molecule has 0 radical (unpaired) electrons. The molecule has 1 aromatic carbocycles. The fourth-order valence-electron chi connectivity index (χ4n) is 2.08. The number of thiocarbonyl (C=S) groups is 1. The second-order valence-corrected chi connectivity index (χ2v) is 4.76. The molecule has 1 heterocycles. The van der Waals surface area contributed by atoms with Crippen LogP contribution in [0.2, 0.25) is 0 Å². The van der Waals surface area contributed by atoms with Gasteiger partial charge in [-0.2, -0.15) is 5.26 Å². The Morgan fingerprint density at radius 3 is 2.39 bits per heavy atom. The Hall–Kier alpha value is -1.86. The number of hydrogen-bond donors (Lipinski definition) is 1. The maximum absolute atomic E-state index is 8.89. The van der Waals surface area contributed by atoms with E-state index in [4.69, 9.17) is 23.2 Å². The Balaban J connectivity index is 2.17. The van der Waals surface area contributed by atoms with Gasteiger partial charge < -0.3 is 10.6 Å². The highest BCUT2D eigenvalue weighted by atomic mass is 32.1. The van der Waals surface area contributed by atoms with Crippen LogP contribution in [0.5, 0.6) is 0 Å². The second-order valence-electron chi connectivity index (χ2n) is 4.32. The van der Waals surface area contributed by atoms with Crippen molar-refractivity contribution in [2.24, 2.45) is 5.73 Å². The predicted octanol–water partition coefficient (Wildman–Crippen LogP) is 2.48. The minimum Gasteiger partial charge on any atom is -0.389 e. The van der Waals surface area contributed by atoms with E-state index in [9.17, 15) is 0 Å². The Morgan fingerprint density at radius 2 is 1.89 bits per heavy atom. The van der Waals surface area contributed by atoms with Crippen molar-refractivity contribution in [3.05, 3.63) is 35.4 Å². The van der Waals surface area contributed by atoms with Gasteiger partial charge in [0.25, 0.3) is 0 Å². The quantitative estimate of drug-likeness (QED) is 0.513. The molecule has 0 atom stereocenters. The summed E-state index contributed by atoms with van der Waals surface area (Å²) >= 11 is 4.81. The molecule has 0 aliphatic carbocycles. The van der Waals surface area contributed by atoms with Gasteiger partial charge in [-0.3, -0.25) is 0 Å². The van der Waals surface area contributed by atoms with Crippen LogP contribution in [0.25, 0.3) is 6.08 Å². The zero-order valence-corrected chi connectivity index (χ0v) is 10.9. The molecule has 1 aromatic rings. The lowest BCUT2D eigenvalue weighted by Crippen LogP contribution is -2.17. The lowest BCUT2D eigenvalue weighted by Gasteiger charge is -2.17. The van der Waals surface area contributed by atoms with Crippen LogP contribution in [0.15, 0.2) is 29.8 Å². The van der Waals surface area contributed by atoms with E-state index in [1.54, 1.807) is 6.08 Å². The fourth-order valence-corrected chi connectivity index (χ4v) is 2.19. The molecule has 4 heteroatoms. The summed E-state index contributed by atoms with van der Waals surface area (Å²) in [5.41, 5.74) is 7.98. The van der Waals surface area contributed by atoms with E-state index in [-0.39, 0.29) is 4.99 Å². The Morgan fingerprint density at radius 1 is 1.28 bits per heavy atom. The summed E-state index contributed by atoms with van der Waals surface area (Å²) in [6, 6.07) is 10.1. The molecule has 1 saturated heterocycles. The van der Waals surface area contributed by atoms with Gasteiger partial charge in [-0.25, -0.2) is 0 Å². The minimum atomic E-state index is 0.140. The van der Waals surface area contributed by atoms with Gasteiger partial charge in [-0.1, -0.05) is 24.4 Å². The summed E-state index contributed by atoms with van der Waals surface area (Å²) in [4.78, 5) is 2.51. The van der Waals surface area contributed by atoms with E-state index >= 15 is 0 Å². The predicted molar refractivity (Wildman–Crippen MR) is 78.3 cm³/mol. The van der Waals surface area contributed by atoms with Crippen molar-refractivity contribution < 1.29 is 0 Å². The molecule has 1 aliphatic heterocycles. The third-order valence-corrected chi connectivity index (χ3v) is 3.28. The van der Waals surface area contributed by atoms with E-state index in [0.717, 1.165) is 18.7 Å². The molecule has 2 rings (SSSR count). The zero-order valence-electron chi connectivity index (χ0n) is 10.1. The van der Waals surface area contributed by atoms with Crippen LogP contribution in [0.4, 0.5) is 5.69 Å². The van der Waals surface area contributed by atoms with E-state index in [1.165, 1.54) is 18.5 Å². The van der Waals surface area contributed by atoms with E-state index in [0.29, 0.717) is 5.57 Å². The summed E-state index contributed by atoms with van der Waals surface area (Å²) in [7, 11) is 0. The standard InChI is InChI=1S/C14H15N3S/c15-10-12(14(16)18)9-11-3-5-13(6-4-11)17-7-1-2-8-17/h3-6,9H,1-2,7-8H2,(H2,16,18)/b12-9+. The topological polar surface area (TPSA) is 53.0 Å². The van der Waals surface area contributed by atoms with Gasteiger partial charge in [-0.15, -0.1) is 0 Å². The van der Waals surface area contributed by atoms with Gasteiger partial charge in [0.15, 0.2) is 0 Å². The number of benzene rings is 1. The minimum absolute atomic E-state index is 0.140. The van der Waals surface area contributed by atoms with E-state index < -0.39 is 0 Å². The summed E-state index contributed by atoms with van der Waals surface area (Å²) in [5, 5.41) is 8.89. The van der Waals surface area contributed by atoms with E-state index in [1.807, 2.05) is 18.2 Å². The van der Waals surface area contributed by atoms with E-state index in [2.05, 4.69) is 17.0 Å². The molecular weight excluding hydrogens is 242 g/mol. The van der Waals surface area contributed by atoms with Crippen molar-refractivity contribution in [3.8, 4) is 6.07 Å². The molecule has 0 spiro atoms. The molecule has 2 N–H and O–H groups in total. The lowest BCUT2D eigenvalue weighted by atomic mass is 10.1. The fraction of sp³-hybridized carbons (Fsp3) is 0.286. The number of nitrogens with two attached hydrogens (primary N) is 1. The molecule has 0 unspecified atom stereocenters. The van der Waals surface area contributed by atoms with Gasteiger partial charge in [0.05, 0.1) is 5.57 Å². The molecule has 1 fully saturated rings. The Kier molecular flexibility index (Phi) is 3.96. The summed E-state index contributed by atoms with van der Waals surface area (Å²) in [5.74, 6) is 0. The number of nitrogens with zero attached hydrogens (tertiary/aromatic N) is 2. The number of anilines is 1. The monoisotopic (exact) mass is 257 g/mol. The van der Waals surface area contributed by atoms with Crippen LogP contribution >= 0.6 is 12.2 Å². The van der Waals surface area contributed by atoms with Crippen LogP contribution < -0.4 is 10.6 Å². The van der Waals surface area contributed by atoms with Gasteiger partial charge in [0, 0.05) is 18.8 Å². The molecule has 3 nitrogen and oxygen atoms in total. The zero-order chi connectivity index (χ0) is 13.0. The van der Waals surface area contributed by atoms with Crippen LogP contribution in [-0.2, 0) is 0 Å². The van der Waals surface area contributed by atoms with Gasteiger partial charge in [-0.05, 0) is 36.6 Å². The summed E-state index contributed by atoms with van der Waals surface area (Å²) in [6.07, 6.45) is 4.25. The third-order valence-electron chi connectivity index (χ3n) is 3.06. The molecule has 0 saturated carbocycles. The Bertz CT molecular complexity index is 505. The maximum Gasteiger partial charge on any atom is 0.114 e. The van der Waals surface area contributed by atoms with Gasteiger partial charge in [0.2, 0.25) is 0 Å². The van der Waals surface area contributed by atoms with Crippen molar-refractivity contribution in [2.75, 3.05) is 18.0 Å². The highest BCUT2D eigenvalue weighted by Gasteiger charge is 2.11. The first kappa shape index (κ1) is 12.6. The highest BCUT2D eigenvalue weighted by Crippen LogP contribution is 2.21. The first-order valence-corrected chi connectivity index (χ1v) is 6.38. The molecule has 0 amide bonds.